The average molecular weight is 517 g/mol. The molecule has 1 heterocycles. The summed E-state index contributed by atoms with van der Waals surface area (Å²) in [6.07, 6.45) is 1.83. The van der Waals surface area contributed by atoms with Gasteiger partial charge in [0.2, 0.25) is 0 Å². The highest BCUT2D eigenvalue weighted by Crippen LogP contribution is 2.44. The number of thioether (sulfide) groups is 1. The summed E-state index contributed by atoms with van der Waals surface area (Å²) in [6, 6.07) is 29.7. The summed E-state index contributed by atoms with van der Waals surface area (Å²) in [5.74, 6) is 0.494. The number of nitrogens with one attached hydrogen (secondary N) is 1. The number of carbonyl (C=O) groups excluding carboxylic acids is 1. The molecule has 1 aromatic heterocycles. The molecule has 0 saturated carbocycles. The Balaban J connectivity index is 1.41. The zero-order valence-electron chi connectivity index (χ0n) is 18.8. The van der Waals surface area contributed by atoms with Gasteiger partial charge in [0, 0.05) is 26.6 Å². The number of aromatic nitrogens is 1. The third kappa shape index (κ3) is 5.51. The van der Waals surface area contributed by atoms with Crippen molar-refractivity contribution in [1.29, 1.82) is 0 Å². The molecule has 4 nitrogen and oxygen atoms in total. The molecule has 4 aromatic carbocycles. The molecule has 5 aromatic rings. The van der Waals surface area contributed by atoms with E-state index in [1.807, 2.05) is 36.5 Å². The summed E-state index contributed by atoms with van der Waals surface area (Å²) >= 11 is 9.38. The van der Waals surface area contributed by atoms with Crippen LogP contribution in [0.3, 0.4) is 0 Å². The van der Waals surface area contributed by atoms with Gasteiger partial charge in [-0.3, -0.25) is 10.1 Å². The third-order valence-electron chi connectivity index (χ3n) is 5.50. The number of hydrogen-bond donors (Lipinski definition) is 1. The zero-order chi connectivity index (χ0) is 24.2. The Morgan fingerprint density at radius 3 is 2.46 bits per heavy atom. The fourth-order valence-corrected chi connectivity index (χ4v) is 6.00. The summed E-state index contributed by atoms with van der Waals surface area (Å²) in [5, 5.41) is 6.57. The van der Waals surface area contributed by atoms with Crippen LogP contribution in [0.25, 0.3) is 10.8 Å². The maximum Gasteiger partial charge on any atom is 0.257 e. The van der Waals surface area contributed by atoms with Crippen LogP contribution < -0.4 is 10.1 Å². The van der Waals surface area contributed by atoms with Crippen molar-refractivity contribution >= 4 is 56.5 Å². The first kappa shape index (κ1) is 23.4. The van der Waals surface area contributed by atoms with Crippen LogP contribution in [0, 0.1) is 0 Å². The van der Waals surface area contributed by atoms with E-state index in [4.69, 9.17) is 16.3 Å². The number of thiazole rings is 1. The summed E-state index contributed by atoms with van der Waals surface area (Å²) in [7, 11) is 1.60. The highest BCUT2D eigenvalue weighted by molar-refractivity contribution is 7.99. The van der Waals surface area contributed by atoms with Gasteiger partial charge in [-0.15, -0.1) is 23.1 Å². The lowest BCUT2D eigenvalue weighted by molar-refractivity contribution is 0.102. The number of halogens is 1. The monoisotopic (exact) mass is 516 g/mol. The number of nitrogens with zero attached hydrogens (tertiary/aromatic N) is 1. The molecule has 0 saturated heterocycles. The number of rotatable bonds is 7. The minimum atomic E-state index is -0.209. The van der Waals surface area contributed by atoms with Crippen LogP contribution in [0.1, 0.15) is 26.0 Å². The quantitative estimate of drug-likeness (QED) is 0.222. The second-order valence-electron chi connectivity index (χ2n) is 7.81. The number of carbonyl (C=O) groups is 1. The maximum atomic E-state index is 12.7. The van der Waals surface area contributed by atoms with E-state index in [2.05, 4.69) is 46.7 Å². The van der Waals surface area contributed by atoms with Crippen molar-refractivity contribution in [3.05, 3.63) is 118 Å². The lowest BCUT2D eigenvalue weighted by Crippen LogP contribution is -2.11. The number of hydrogen-bond acceptors (Lipinski definition) is 5. The first-order valence-corrected chi connectivity index (χ1v) is 13.0. The molecule has 0 aliphatic rings. The van der Waals surface area contributed by atoms with E-state index in [-0.39, 0.29) is 11.2 Å². The molecular formula is C28H21ClN2O2S2. The molecule has 0 bridgehead atoms. The van der Waals surface area contributed by atoms with Crippen LogP contribution in [-0.2, 0) is 0 Å². The zero-order valence-corrected chi connectivity index (χ0v) is 21.2. The molecule has 1 atom stereocenters. The number of methoxy groups -OCH3 is 1. The molecule has 0 radical (unpaired) electrons. The predicted octanol–water partition coefficient (Wildman–Crippen LogP) is 8.09. The minimum Gasteiger partial charge on any atom is -0.497 e. The second kappa shape index (κ2) is 10.5. The Morgan fingerprint density at radius 1 is 0.971 bits per heavy atom. The van der Waals surface area contributed by atoms with Gasteiger partial charge in [0.15, 0.2) is 5.13 Å². The van der Waals surface area contributed by atoms with Gasteiger partial charge in [0.1, 0.15) is 5.75 Å². The van der Waals surface area contributed by atoms with Gasteiger partial charge >= 0.3 is 0 Å². The minimum absolute atomic E-state index is 0.00225. The molecule has 0 fully saturated rings. The van der Waals surface area contributed by atoms with Gasteiger partial charge < -0.3 is 4.74 Å². The Kier molecular flexibility index (Phi) is 7.04. The molecule has 5 rings (SSSR count). The molecule has 1 unspecified atom stereocenters. The van der Waals surface area contributed by atoms with E-state index in [1.54, 1.807) is 43.1 Å². The van der Waals surface area contributed by atoms with Gasteiger partial charge in [-0.1, -0.05) is 54.1 Å². The highest BCUT2D eigenvalue weighted by Gasteiger charge is 2.20. The van der Waals surface area contributed by atoms with Gasteiger partial charge in [0.25, 0.3) is 5.91 Å². The number of fused-ring (bicyclic) bond motifs is 1. The predicted molar refractivity (Wildman–Crippen MR) is 146 cm³/mol. The fraction of sp³-hybridized carbons (Fsp3) is 0.0714. The molecule has 7 heteroatoms. The fourth-order valence-electron chi connectivity index (χ4n) is 3.68. The molecule has 35 heavy (non-hydrogen) atoms. The van der Waals surface area contributed by atoms with Gasteiger partial charge in [0.05, 0.1) is 12.4 Å². The number of benzene rings is 4. The van der Waals surface area contributed by atoms with Crippen molar-refractivity contribution in [2.45, 2.75) is 10.1 Å². The topological polar surface area (TPSA) is 51.2 Å². The third-order valence-corrected chi connectivity index (χ3v) is 8.17. The van der Waals surface area contributed by atoms with Crippen molar-refractivity contribution in [2.75, 3.05) is 12.4 Å². The number of anilines is 1. The normalized spacial score (nSPS) is 11.8. The maximum absolute atomic E-state index is 12.7. The highest BCUT2D eigenvalue weighted by atomic mass is 35.5. The molecule has 1 N–H and O–H groups in total. The molecule has 174 valence electrons. The largest absolute Gasteiger partial charge is 0.497 e. The lowest BCUT2D eigenvalue weighted by Gasteiger charge is -2.16. The van der Waals surface area contributed by atoms with Crippen molar-refractivity contribution in [3.63, 3.8) is 0 Å². The average Bonchev–Trinajstić information content (AvgIpc) is 3.36. The van der Waals surface area contributed by atoms with Crippen LogP contribution >= 0.6 is 34.7 Å². The van der Waals surface area contributed by atoms with E-state index >= 15 is 0 Å². The van der Waals surface area contributed by atoms with Gasteiger partial charge in [-0.05, 0) is 64.9 Å². The van der Waals surface area contributed by atoms with E-state index < -0.39 is 0 Å². The van der Waals surface area contributed by atoms with Crippen LogP contribution in [0.2, 0.25) is 5.02 Å². The number of ether oxygens (including phenoxy) is 1. The van der Waals surface area contributed by atoms with E-state index in [0.717, 1.165) is 15.3 Å². The first-order chi connectivity index (χ1) is 17.1. The summed E-state index contributed by atoms with van der Waals surface area (Å²) in [5.41, 5.74) is 1.66. The van der Waals surface area contributed by atoms with E-state index in [1.165, 1.54) is 22.1 Å². The van der Waals surface area contributed by atoms with Gasteiger partial charge in [-0.2, -0.15) is 0 Å². The van der Waals surface area contributed by atoms with Crippen LogP contribution in [0.5, 0.6) is 5.75 Å². The Morgan fingerprint density at radius 2 is 1.71 bits per heavy atom. The van der Waals surface area contributed by atoms with E-state index in [9.17, 15) is 4.79 Å². The number of amides is 1. The Bertz CT molecular complexity index is 1470. The van der Waals surface area contributed by atoms with Crippen molar-refractivity contribution in [1.82, 2.24) is 4.98 Å². The molecule has 0 aliphatic carbocycles. The Hall–Kier alpha value is -3.32. The van der Waals surface area contributed by atoms with Crippen LogP contribution in [-0.4, -0.2) is 18.0 Å². The SMILES string of the molecule is COc1ccc(C(=O)Nc2ncc(C(Sc3ccc4ccccc4c3)c3ccc(Cl)cc3)s2)cc1. The van der Waals surface area contributed by atoms with Crippen molar-refractivity contribution in [2.24, 2.45) is 0 Å². The first-order valence-electron chi connectivity index (χ1n) is 10.9. The second-order valence-corrected chi connectivity index (χ2v) is 10.5. The summed E-state index contributed by atoms with van der Waals surface area (Å²) in [6.45, 7) is 0. The molecule has 0 spiro atoms. The van der Waals surface area contributed by atoms with E-state index in [0.29, 0.717) is 21.5 Å². The molecule has 0 aliphatic heterocycles. The Labute approximate surface area is 216 Å². The lowest BCUT2D eigenvalue weighted by atomic mass is 10.1. The van der Waals surface area contributed by atoms with Crippen molar-refractivity contribution in [3.8, 4) is 5.75 Å². The van der Waals surface area contributed by atoms with Crippen LogP contribution in [0.4, 0.5) is 5.13 Å². The van der Waals surface area contributed by atoms with Crippen molar-refractivity contribution < 1.29 is 9.53 Å². The summed E-state index contributed by atoms with van der Waals surface area (Å²) in [4.78, 5) is 19.4. The standard InChI is InChI=1S/C28H21ClN2O2S2/c1-33-23-13-8-20(9-14-23)27(32)31-28-30-17-25(35-28)26(19-6-11-22(29)12-7-19)34-24-15-10-18-4-2-3-5-21(18)16-24/h2-17,26H,1H3,(H,30,31,32). The molecule has 1 amide bonds. The smallest absolute Gasteiger partial charge is 0.257 e. The van der Waals surface area contributed by atoms with Crippen LogP contribution in [0.15, 0.2) is 102 Å². The summed E-state index contributed by atoms with van der Waals surface area (Å²) < 4.78 is 5.17. The van der Waals surface area contributed by atoms with Gasteiger partial charge in [-0.25, -0.2) is 4.98 Å². The molecular weight excluding hydrogens is 496 g/mol.